The molecule has 0 aliphatic carbocycles. The Balaban J connectivity index is 0.000000196. The molecule has 3 aromatic heterocycles. The van der Waals surface area contributed by atoms with Gasteiger partial charge in [0.25, 0.3) is 5.91 Å². The number of carbonyl (C=O) groups is 5. The summed E-state index contributed by atoms with van der Waals surface area (Å²) in [5.41, 5.74) is 12.6. The number of hydrogen-bond acceptors (Lipinski definition) is 11. The molecule has 3 saturated heterocycles. The van der Waals surface area contributed by atoms with Crippen molar-refractivity contribution in [1.82, 2.24) is 28.8 Å². The largest absolute Gasteiger partial charge is 0.398 e. The number of piperazine rings is 1. The van der Waals surface area contributed by atoms with Crippen molar-refractivity contribution in [1.29, 1.82) is 16.1 Å². The highest BCUT2D eigenvalue weighted by Crippen LogP contribution is 2.40. The number of hydrogen-bond donors (Lipinski definition) is 3. The highest BCUT2D eigenvalue weighted by atomic mass is 79.9. The summed E-state index contributed by atoms with van der Waals surface area (Å²) in [6.45, 7) is 16.8. The molecule has 3 fully saturated rings. The average molecular weight is 1160 g/mol. The van der Waals surface area contributed by atoms with E-state index in [1.807, 2.05) is 47.6 Å². The zero-order valence-corrected chi connectivity index (χ0v) is 46.7. The zero-order valence-electron chi connectivity index (χ0n) is 45.1. The summed E-state index contributed by atoms with van der Waals surface area (Å²) >= 11 is 3.55. The molecule has 0 radical (unpaired) electrons. The quantitative estimate of drug-likeness (QED) is 0.0476. The van der Waals surface area contributed by atoms with Crippen LogP contribution in [0.2, 0.25) is 0 Å². The van der Waals surface area contributed by atoms with Crippen LogP contribution in [0.1, 0.15) is 58.1 Å². The van der Waals surface area contributed by atoms with Crippen molar-refractivity contribution in [2.45, 2.75) is 52.7 Å². The molecular formula is C62H60BrF2N11O5. The fourth-order valence-electron chi connectivity index (χ4n) is 11.3. The van der Waals surface area contributed by atoms with E-state index in [0.29, 0.717) is 114 Å². The number of amides is 3. The standard InChI is InChI=1S/C32H29F2N5O2.C30H31BrN6O3/c1-3-29(41)39-14-19(15-39)10-23(40)16-38-17-25(30-18(2)21(12-35)4-7-26(30)33)24-11-20(6-9-28(24)38)31-27(34)8-5-22(13-36)32(31)37;1-4-28(39)35-16-22(17-35)11-24(38)18-37-20(3)29(25-12-23(31)6-7-26(25)37)30(40)36-10-9-34(15-19(36)2)27-8-5-21(13-32)14-33-27/h3-9,11-13,17,19,35-36H,1,10,14-16,37H2,2H3;4-8,12,14,19,22H,1,9-11,15-18H2,2-3H3. The minimum Gasteiger partial charge on any atom is -0.398 e. The Kier molecular flexibility index (Phi) is 16.7. The van der Waals surface area contributed by atoms with Crippen molar-refractivity contribution in [3.8, 4) is 28.3 Å². The average Bonchev–Trinajstić information content (AvgIpc) is 3.99. The first kappa shape index (κ1) is 56.8. The van der Waals surface area contributed by atoms with Crippen LogP contribution in [0.15, 0.2) is 115 Å². The highest BCUT2D eigenvalue weighted by Gasteiger charge is 2.35. The lowest BCUT2D eigenvalue weighted by Crippen LogP contribution is -2.54. The number of nitrogens with one attached hydrogen (secondary N) is 2. The van der Waals surface area contributed by atoms with Crippen LogP contribution in [-0.4, -0.2) is 122 Å². The number of halogens is 3. The third-order valence-corrected chi connectivity index (χ3v) is 16.1. The summed E-state index contributed by atoms with van der Waals surface area (Å²) in [6.07, 6.45) is 8.74. The van der Waals surface area contributed by atoms with Gasteiger partial charge in [-0.1, -0.05) is 41.2 Å². The number of nitrogens with two attached hydrogens (primary N) is 1. The molecule has 3 aliphatic rings. The van der Waals surface area contributed by atoms with E-state index in [2.05, 4.69) is 45.0 Å². The molecule has 3 aliphatic heterocycles. The Bertz CT molecular complexity index is 3780. The molecule has 6 heterocycles. The fraction of sp³-hybridized carbons (Fsp3) is 0.274. The van der Waals surface area contributed by atoms with Crippen LogP contribution < -0.4 is 10.6 Å². The second-order valence-corrected chi connectivity index (χ2v) is 21.8. The van der Waals surface area contributed by atoms with Gasteiger partial charge in [0.1, 0.15) is 23.5 Å². The summed E-state index contributed by atoms with van der Waals surface area (Å²) in [5.74, 6) is -0.302. The van der Waals surface area contributed by atoms with Gasteiger partial charge >= 0.3 is 0 Å². The monoisotopic (exact) mass is 1160 g/mol. The predicted octanol–water partition coefficient (Wildman–Crippen LogP) is 9.68. The Labute approximate surface area is 475 Å². The molecule has 3 amide bonds. The number of nitrogens with zero attached hydrogens (tertiary/aromatic N) is 8. The van der Waals surface area contributed by atoms with Crippen LogP contribution in [0, 0.1) is 59.5 Å². The van der Waals surface area contributed by atoms with Gasteiger partial charge in [-0.15, -0.1) is 0 Å². The number of pyridine rings is 1. The lowest BCUT2D eigenvalue weighted by atomic mass is 9.93. The van der Waals surface area contributed by atoms with E-state index in [1.165, 1.54) is 36.4 Å². The first-order valence-corrected chi connectivity index (χ1v) is 27.2. The van der Waals surface area contributed by atoms with Crippen molar-refractivity contribution in [3.05, 3.63) is 160 Å². The molecule has 414 valence electrons. The van der Waals surface area contributed by atoms with Crippen molar-refractivity contribution in [2.75, 3.05) is 56.4 Å². The van der Waals surface area contributed by atoms with Gasteiger partial charge in [0.15, 0.2) is 11.6 Å². The highest BCUT2D eigenvalue weighted by molar-refractivity contribution is 9.10. The van der Waals surface area contributed by atoms with Crippen LogP contribution >= 0.6 is 15.9 Å². The van der Waals surface area contributed by atoms with E-state index >= 15 is 8.78 Å². The van der Waals surface area contributed by atoms with E-state index in [1.54, 1.807) is 57.9 Å². The lowest BCUT2D eigenvalue weighted by Gasteiger charge is -2.40. The van der Waals surface area contributed by atoms with Gasteiger partial charge in [0.05, 0.1) is 29.9 Å². The van der Waals surface area contributed by atoms with Crippen LogP contribution in [0.3, 0.4) is 0 Å². The smallest absolute Gasteiger partial charge is 0.256 e. The van der Waals surface area contributed by atoms with Gasteiger partial charge in [-0.3, -0.25) is 24.0 Å². The third-order valence-electron chi connectivity index (χ3n) is 15.6. The van der Waals surface area contributed by atoms with E-state index in [9.17, 15) is 24.0 Å². The number of ketones is 2. The number of likely N-dealkylation sites (tertiary alicyclic amines) is 2. The van der Waals surface area contributed by atoms with Crippen molar-refractivity contribution in [3.63, 3.8) is 0 Å². The Morgan fingerprint density at radius 2 is 1.40 bits per heavy atom. The summed E-state index contributed by atoms with van der Waals surface area (Å²) in [5, 5.41) is 25.8. The Morgan fingerprint density at radius 1 is 0.778 bits per heavy atom. The summed E-state index contributed by atoms with van der Waals surface area (Å²) in [7, 11) is 0. The van der Waals surface area contributed by atoms with Gasteiger partial charge < -0.3 is 45.3 Å². The maximum Gasteiger partial charge on any atom is 0.256 e. The first-order chi connectivity index (χ1) is 38.9. The van der Waals surface area contributed by atoms with Crippen molar-refractivity contribution >= 4 is 91.0 Å². The maximum atomic E-state index is 15.4. The number of Topliss-reactive ketones (excluding diaryl/α,β-unsaturated/α-hetero) is 2. The van der Waals surface area contributed by atoms with Gasteiger partial charge in [-0.2, -0.15) is 5.26 Å². The molecule has 4 N–H and O–H groups in total. The number of nitrogen functional groups attached to an aromatic ring is 1. The third kappa shape index (κ3) is 11.5. The number of rotatable bonds is 16. The van der Waals surface area contributed by atoms with E-state index in [-0.39, 0.29) is 71.5 Å². The Hall–Kier alpha value is -8.89. The van der Waals surface area contributed by atoms with Crippen molar-refractivity contribution in [2.24, 2.45) is 11.8 Å². The second kappa shape index (κ2) is 23.8. The molecule has 16 nitrogen and oxygen atoms in total. The molecule has 0 saturated carbocycles. The molecule has 7 aromatic rings. The number of nitriles is 1. The van der Waals surface area contributed by atoms with Gasteiger partial charge in [-0.05, 0) is 110 Å². The molecule has 81 heavy (non-hydrogen) atoms. The van der Waals surface area contributed by atoms with Crippen LogP contribution in [0.4, 0.5) is 20.3 Å². The van der Waals surface area contributed by atoms with E-state index < -0.39 is 11.6 Å². The fourth-order valence-corrected chi connectivity index (χ4v) is 11.7. The van der Waals surface area contributed by atoms with Gasteiger partial charge in [0, 0.05) is 156 Å². The van der Waals surface area contributed by atoms with Crippen LogP contribution in [0.25, 0.3) is 44.1 Å². The second-order valence-electron chi connectivity index (χ2n) is 20.9. The van der Waals surface area contributed by atoms with Crippen molar-refractivity contribution < 1.29 is 32.8 Å². The normalized spacial score (nSPS) is 15.3. The number of anilines is 2. The predicted molar refractivity (Wildman–Crippen MR) is 313 cm³/mol. The first-order valence-electron chi connectivity index (χ1n) is 26.4. The molecule has 0 bridgehead atoms. The molecule has 1 atom stereocenters. The Morgan fingerprint density at radius 3 is 1.99 bits per heavy atom. The topological polar surface area (TPSA) is 219 Å². The van der Waals surface area contributed by atoms with Gasteiger partial charge in [0.2, 0.25) is 11.8 Å². The SMILES string of the molecule is C=CC(=O)N1CC(CC(=O)Cn2c(C)c(C(=O)N3CCN(c4ccc(C#N)cn4)CC3C)c3cc(Br)ccc32)C1.C=CC(=O)N1CC(CC(=O)Cn2cc(-c3c(F)ccc(C=N)c3C)c3cc(-c4c(F)ccc(C=N)c4N)ccc32)C1. The maximum absolute atomic E-state index is 15.4. The number of carbonyl (C=O) groups excluding carboxylic acids is 5. The molecule has 4 aromatic carbocycles. The molecule has 19 heteroatoms. The van der Waals surface area contributed by atoms with Crippen LogP contribution in [-0.2, 0) is 32.3 Å². The number of benzene rings is 4. The minimum absolute atomic E-state index is 0.0342. The zero-order chi connectivity index (χ0) is 58.0. The van der Waals surface area contributed by atoms with E-state index in [0.717, 1.165) is 39.3 Å². The molecule has 10 rings (SSSR count). The van der Waals surface area contributed by atoms with Crippen LogP contribution in [0.5, 0.6) is 0 Å². The summed E-state index contributed by atoms with van der Waals surface area (Å²) < 4.78 is 35.0. The van der Waals surface area contributed by atoms with E-state index in [4.69, 9.17) is 21.8 Å². The molecule has 0 spiro atoms. The van der Waals surface area contributed by atoms with Gasteiger partial charge in [-0.25, -0.2) is 13.8 Å². The summed E-state index contributed by atoms with van der Waals surface area (Å²) in [4.78, 5) is 75.5. The number of fused-ring (bicyclic) bond motifs is 2. The summed E-state index contributed by atoms with van der Waals surface area (Å²) in [6, 6.07) is 22.1. The lowest BCUT2D eigenvalue weighted by molar-refractivity contribution is -0.134. The number of aromatic nitrogens is 3. The molecule has 1 unspecified atom stereocenters. The molecular weight excluding hydrogens is 1100 g/mol. The minimum atomic E-state index is -0.554.